The van der Waals surface area contributed by atoms with Crippen molar-refractivity contribution in [1.29, 1.82) is 0 Å². The Hall–Kier alpha value is -2.94. The van der Waals surface area contributed by atoms with Crippen molar-refractivity contribution in [2.45, 2.75) is 0 Å². The van der Waals surface area contributed by atoms with Crippen LogP contribution in [0.1, 0.15) is 0 Å². The molecule has 0 spiro atoms. The van der Waals surface area contributed by atoms with Crippen LogP contribution in [0, 0.1) is 0 Å². The molecule has 0 saturated carbocycles. The van der Waals surface area contributed by atoms with Gasteiger partial charge in [-0.05, 0) is 24.3 Å². The fourth-order valence-electron chi connectivity index (χ4n) is 2.49. The zero-order valence-electron chi connectivity index (χ0n) is 16.0. The molecular formula is C19H24N2O6S. The average Bonchev–Trinajstić information content (AvgIpc) is 2.68. The highest BCUT2D eigenvalue weighted by molar-refractivity contribution is 7.92. The van der Waals surface area contributed by atoms with Crippen molar-refractivity contribution in [3.63, 3.8) is 0 Å². The van der Waals surface area contributed by atoms with Gasteiger partial charge in [-0.1, -0.05) is 24.3 Å². The summed E-state index contributed by atoms with van der Waals surface area (Å²) in [6, 6.07) is 13.8. The maximum atomic E-state index is 12.3. The Balaban J connectivity index is 1.95. The number of rotatable bonds is 10. The minimum Gasteiger partial charge on any atom is -0.495 e. The van der Waals surface area contributed by atoms with E-state index in [-0.39, 0.29) is 19.7 Å². The van der Waals surface area contributed by atoms with Crippen LogP contribution in [0.5, 0.6) is 17.2 Å². The Labute approximate surface area is 165 Å². The lowest BCUT2D eigenvalue weighted by Crippen LogP contribution is -2.41. The van der Waals surface area contributed by atoms with Crippen molar-refractivity contribution >= 4 is 21.6 Å². The minimum atomic E-state index is -3.68. The number of carbonyl (C=O) groups excluding carboxylic acids is 1. The van der Waals surface area contributed by atoms with Gasteiger partial charge in [0.15, 0.2) is 11.5 Å². The van der Waals surface area contributed by atoms with Crippen molar-refractivity contribution in [2.75, 3.05) is 44.5 Å². The number of methoxy groups -OCH3 is 2. The van der Waals surface area contributed by atoms with Crippen LogP contribution in [0.4, 0.5) is 5.69 Å². The summed E-state index contributed by atoms with van der Waals surface area (Å²) in [6.07, 6.45) is 1.04. The van der Waals surface area contributed by atoms with Gasteiger partial charge >= 0.3 is 0 Å². The van der Waals surface area contributed by atoms with E-state index in [1.165, 1.54) is 7.11 Å². The highest BCUT2D eigenvalue weighted by Crippen LogP contribution is 2.29. The molecule has 1 N–H and O–H groups in total. The first-order valence-electron chi connectivity index (χ1n) is 8.50. The molecule has 0 aliphatic carbocycles. The zero-order chi connectivity index (χ0) is 20.6. The monoisotopic (exact) mass is 408 g/mol. The number of benzene rings is 2. The van der Waals surface area contributed by atoms with E-state index in [2.05, 4.69) is 5.32 Å². The molecule has 0 heterocycles. The van der Waals surface area contributed by atoms with Crippen molar-refractivity contribution in [3.8, 4) is 17.2 Å². The largest absolute Gasteiger partial charge is 0.495 e. The van der Waals surface area contributed by atoms with Crippen LogP contribution in [-0.4, -0.2) is 54.5 Å². The third-order valence-electron chi connectivity index (χ3n) is 3.79. The molecular weight excluding hydrogens is 384 g/mol. The Kier molecular flexibility index (Phi) is 7.51. The lowest BCUT2D eigenvalue weighted by Gasteiger charge is -2.23. The van der Waals surface area contributed by atoms with E-state index in [4.69, 9.17) is 14.2 Å². The summed E-state index contributed by atoms with van der Waals surface area (Å²) in [6.45, 7) is 0.0495. The second kappa shape index (κ2) is 9.84. The van der Waals surface area contributed by atoms with E-state index in [1.807, 2.05) is 12.1 Å². The second-order valence-electron chi connectivity index (χ2n) is 5.79. The summed E-state index contributed by atoms with van der Waals surface area (Å²) in [5, 5.41) is 2.65. The highest BCUT2D eigenvalue weighted by Gasteiger charge is 2.23. The van der Waals surface area contributed by atoms with Crippen LogP contribution in [0.15, 0.2) is 48.5 Å². The predicted molar refractivity (Wildman–Crippen MR) is 107 cm³/mol. The third-order valence-corrected chi connectivity index (χ3v) is 4.92. The van der Waals surface area contributed by atoms with Crippen LogP contribution in [-0.2, 0) is 14.8 Å². The summed E-state index contributed by atoms with van der Waals surface area (Å²) < 4.78 is 41.3. The fraction of sp³-hybridized carbons (Fsp3) is 0.316. The van der Waals surface area contributed by atoms with Crippen molar-refractivity contribution in [2.24, 2.45) is 0 Å². The zero-order valence-corrected chi connectivity index (χ0v) is 16.9. The summed E-state index contributed by atoms with van der Waals surface area (Å²) in [7, 11) is -0.701. The molecule has 0 aromatic heterocycles. The molecule has 152 valence electrons. The standard InChI is InChI=1S/C19H24N2O6S/c1-25-16-9-5-4-8-15(16)21(28(3,23)24)14-19(22)20-12-13-27-18-11-7-6-10-17(18)26-2/h4-11H,12-14H2,1-3H3,(H,20,22). The predicted octanol–water partition coefficient (Wildman–Crippen LogP) is 1.66. The number of anilines is 1. The van der Waals surface area contributed by atoms with Crippen LogP contribution in [0.3, 0.4) is 0 Å². The van der Waals surface area contributed by atoms with Gasteiger partial charge in [0.05, 0.1) is 32.7 Å². The summed E-state index contributed by atoms with van der Waals surface area (Å²) in [5.74, 6) is 1.06. The van der Waals surface area contributed by atoms with E-state index >= 15 is 0 Å². The van der Waals surface area contributed by atoms with Crippen LogP contribution in [0.25, 0.3) is 0 Å². The lowest BCUT2D eigenvalue weighted by molar-refractivity contribution is -0.119. The first-order valence-corrected chi connectivity index (χ1v) is 10.3. The molecule has 2 rings (SSSR count). The van der Waals surface area contributed by atoms with Gasteiger partial charge in [-0.3, -0.25) is 9.10 Å². The van der Waals surface area contributed by atoms with Gasteiger partial charge < -0.3 is 19.5 Å². The SMILES string of the molecule is COc1ccccc1OCCNC(=O)CN(c1ccccc1OC)S(C)(=O)=O. The number of amides is 1. The molecule has 0 aliphatic heterocycles. The molecule has 0 unspecified atom stereocenters. The number of sulfonamides is 1. The molecule has 0 fully saturated rings. The number of nitrogens with one attached hydrogen (secondary N) is 1. The van der Waals surface area contributed by atoms with Crippen LogP contribution >= 0.6 is 0 Å². The van der Waals surface area contributed by atoms with Gasteiger partial charge in [-0.2, -0.15) is 0 Å². The average molecular weight is 408 g/mol. The van der Waals surface area contributed by atoms with Gasteiger partial charge in [0.25, 0.3) is 0 Å². The molecule has 9 heteroatoms. The fourth-order valence-corrected chi connectivity index (χ4v) is 3.35. The van der Waals surface area contributed by atoms with E-state index < -0.39 is 15.9 Å². The van der Waals surface area contributed by atoms with Crippen LogP contribution < -0.4 is 23.8 Å². The third kappa shape index (κ3) is 5.78. The smallest absolute Gasteiger partial charge is 0.240 e. The topological polar surface area (TPSA) is 94.2 Å². The van der Waals surface area contributed by atoms with Crippen molar-refractivity contribution in [1.82, 2.24) is 5.32 Å². The van der Waals surface area contributed by atoms with Crippen molar-refractivity contribution < 1.29 is 27.4 Å². The molecule has 0 saturated heterocycles. The first-order chi connectivity index (χ1) is 13.4. The molecule has 0 atom stereocenters. The van der Waals surface area contributed by atoms with Crippen molar-refractivity contribution in [3.05, 3.63) is 48.5 Å². The molecule has 0 aliphatic rings. The van der Waals surface area contributed by atoms with Gasteiger partial charge in [0, 0.05) is 0 Å². The quantitative estimate of drug-likeness (QED) is 0.601. The summed E-state index contributed by atoms with van der Waals surface area (Å²) in [5.41, 5.74) is 0.299. The Morgan fingerprint density at radius 3 is 2.14 bits per heavy atom. The number of hydrogen-bond donors (Lipinski definition) is 1. The first kappa shape index (κ1) is 21.4. The normalized spacial score (nSPS) is 10.8. The number of ether oxygens (including phenoxy) is 3. The van der Waals surface area contributed by atoms with Gasteiger partial charge in [-0.25, -0.2) is 8.42 Å². The molecule has 1 amide bonds. The Morgan fingerprint density at radius 1 is 0.964 bits per heavy atom. The number of hydrogen-bond acceptors (Lipinski definition) is 6. The Bertz CT molecular complexity index is 901. The van der Waals surface area contributed by atoms with E-state index in [0.717, 1.165) is 10.6 Å². The lowest BCUT2D eigenvalue weighted by atomic mass is 10.3. The molecule has 2 aromatic rings. The molecule has 2 aromatic carbocycles. The van der Waals surface area contributed by atoms with Gasteiger partial charge in [0.1, 0.15) is 18.9 Å². The molecule has 28 heavy (non-hydrogen) atoms. The Morgan fingerprint density at radius 2 is 1.54 bits per heavy atom. The maximum absolute atomic E-state index is 12.3. The minimum absolute atomic E-state index is 0.208. The van der Waals surface area contributed by atoms with Gasteiger partial charge in [0.2, 0.25) is 15.9 Å². The van der Waals surface area contributed by atoms with E-state index in [1.54, 1.807) is 43.5 Å². The number of para-hydroxylation sites is 4. The van der Waals surface area contributed by atoms with Gasteiger partial charge in [-0.15, -0.1) is 0 Å². The summed E-state index contributed by atoms with van der Waals surface area (Å²) >= 11 is 0. The molecule has 8 nitrogen and oxygen atoms in total. The molecule has 0 radical (unpaired) electrons. The van der Waals surface area contributed by atoms with E-state index in [0.29, 0.717) is 22.9 Å². The maximum Gasteiger partial charge on any atom is 0.240 e. The second-order valence-corrected chi connectivity index (χ2v) is 7.70. The molecule has 0 bridgehead atoms. The van der Waals surface area contributed by atoms with Crippen LogP contribution in [0.2, 0.25) is 0 Å². The van der Waals surface area contributed by atoms with E-state index in [9.17, 15) is 13.2 Å². The number of carbonyl (C=O) groups is 1. The number of nitrogens with zero attached hydrogens (tertiary/aromatic N) is 1. The highest BCUT2D eigenvalue weighted by atomic mass is 32.2. The summed E-state index contributed by atoms with van der Waals surface area (Å²) in [4.78, 5) is 12.3.